The summed E-state index contributed by atoms with van der Waals surface area (Å²) in [7, 11) is 0. The Kier molecular flexibility index (Phi) is 12.3. The van der Waals surface area contributed by atoms with Crippen LogP contribution in [0.4, 0.5) is 10.5 Å². The summed E-state index contributed by atoms with van der Waals surface area (Å²) in [5.41, 5.74) is 1.91. The number of para-hydroxylation sites is 1. The lowest BCUT2D eigenvalue weighted by atomic mass is 9.95. The summed E-state index contributed by atoms with van der Waals surface area (Å²) >= 11 is 0. The molecule has 0 saturated carbocycles. The smallest absolute Gasteiger partial charge is 0.408 e. The van der Waals surface area contributed by atoms with Crippen molar-refractivity contribution in [3.8, 4) is 12.3 Å². The van der Waals surface area contributed by atoms with Crippen molar-refractivity contribution >= 4 is 23.6 Å². The fourth-order valence-corrected chi connectivity index (χ4v) is 4.43. The lowest BCUT2D eigenvalue weighted by molar-refractivity contribution is -0.141. The molecule has 0 heterocycles. The predicted octanol–water partition coefficient (Wildman–Crippen LogP) is 6.61. The van der Waals surface area contributed by atoms with Gasteiger partial charge in [0.05, 0.1) is 0 Å². The van der Waals surface area contributed by atoms with Gasteiger partial charge >= 0.3 is 6.09 Å². The Bertz CT molecular complexity index is 1190. The van der Waals surface area contributed by atoms with Gasteiger partial charge in [0.2, 0.25) is 5.91 Å². The number of alkyl carbamates (subject to hydrolysis) is 1. The Balaban J connectivity index is 2.60. The van der Waals surface area contributed by atoms with E-state index in [1.807, 2.05) is 57.2 Å². The SMILES string of the molecule is C#Cc1ccccc1C(C(=O)Nc1ccccc1C)N(CCCCCC)C(=O)C(NC(=O)OC(C)(C)C)C(C)C. The van der Waals surface area contributed by atoms with Gasteiger partial charge in [0, 0.05) is 17.8 Å². The number of hydrogen-bond acceptors (Lipinski definition) is 4. The van der Waals surface area contributed by atoms with Gasteiger partial charge < -0.3 is 20.3 Å². The summed E-state index contributed by atoms with van der Waals surface area (Å²) in [5.74, 6) is 1.67. The van der Waals surface area contributed by atoms with Crippen LogP contribution in [0.3, 0.4) is 0 Å². The van der Waals surface area contributed by atoms with Gasteiger partial charge in [-0.1, -0.05) is 82.4 Å². The summed E-state index contributed by atoms with van der Waals surface area (Å²) in [6.07, 6.45) is 8.80. The maximum atomic E-state index is 14.3. The van der Waals surface area contributed by atoms with Crippen LogP contribution in [-0.2, 0) is 14.3 Å². The zero-order valence-electron chi connectivity index (χ0n) is 25.0. The van der Waals surface area contributed by atoms with Crippen molar-refractivity contribution in [2.75, 3.05) is 11.9 Å². The zero-order valence-corrected chi connectivity index (χ0v) is 25.0. The molecule has 40 heavy (non-hydrogen) atoms. The topological polar surface area (TPSA) is 87.7 Å². The van der Waals surface area contributed by atoms with Crippen molar-refractivity contribution in [2.45, 2.75) is 91.8 Å². The van der Waals surface area contributed by atoms with E-state index in [0.717, 1.165) is 24.8 Å². The third-order valence-corrected chi connectivity index (χ3v) is 6.51. The molecule has 7 heteroatoms. The first-order valence-corrected chi connectivity index (χ1v) is 14.1. The minimum atomic E-state index is -1.01. The Morgan fingerprint density at radius 3 is 2.25 bits per heavy atom. The molecule has 2 aromatic rings. The summed E-state index contributed by atoms with van der Waals surface area (Å²) in [4.78, 5) is 42.7. The molecular weight excluding hydrogens is 502 g/mol. The molecule has 0 fully saturated rings. The number of carbonyl (C=O) groups excluding carboxylic acids is 3. The molecule has 2 atom stereocenters. The number of hydrogen-bond donors (Lipinski definition) is 2. The van der Waals surface area contributed by atoms with Gasteiger partial charge in [-0.05, 0) is 63.3 Å². The van der Waals surface area contributed by atoms with E-state index in [1.165, 1.54) is 0 Å². The van der Waals surface area contributed by atoms with Gasteiger partial charge in [-0.25, -0.2) is 4.79 Å². The standard InChI is InChI=1S/C33H45N3O4/c1-9-11-12-17-22-36(31(38)28(23(3)4)35-32(39)40-33(6,7)8)29(26-20-15-14-19-25(26)10-2)30(37)34-27-21-16-13-18-24(27)5/h2,13-16,18-21,23,28-29H,9,11-12,17,22H2,1,3-8H3,(H,34,37)(H,35,39). The minimum Gasteiger partial charge on any atom is -0.444 e. The fraction of sp³-hybridized carbons (Fsp3) is 0.485. The average molecular weight is 548 g/mol. The monoisotopic (exact) mass is 547 g/mol. The van der Waals surface area contributed by atoms with E-state index in [9.17, 15) is 14.4 Å². The lowest BCUT2D eigenvalue weighted by Gasteiger charge is -2.36. The van der Waals surface area contributed by atoms with Gasteiger partial charge in [-0.15, -0.1) is 6.42 Å². The quantitative estimate of drug-likeness (QED) is 0.231. The molecule has 2 rings (SSSR count). The number of terminal acetylenes is 1. The molecule has 0 radical (unpaired) electrons. The van der Waals surface area contributed by atoms with Crippen LogP contribution in [0.15, 0.2) is 48.5 Å². The number of aryl methyl sites for hydroxylation is 1. The molecule has 0 aliphatic heterocycles. The molecule has 0 saturated heterocycles. The number of nitrogens with zero attached hydrogens (tertiary/aromatic N) is 1. The van der Waals surface area contributed by atoms with E-state index in [4.69, 9.17) is 11.2 Å². The van der Waals surface area contributed by atoms with Crippen LogP contribution < -0.4 is 10.6 Å². The molecule has 3 amide bonds. The summed E-state index contributed by atoms with van der Waals surface area (Å²) in [6.45, 7) is 13.4. The fourth-order valence-electron chi connectivity index (χ4n) is 4.43. The van der Waals surface area contributed by atoms with Crippen LogP contribution in [-0.4, -0.2) is 41.0 Å². The highest BCUT2D eigenvalue weighted by Gasteiger charge is 2.38. The third-order valence-electron chi connectivity index (χ3n) is 6.51. The first kappa shape index (κ1) is 32.4. The van der Waals surface area contributed by atoms with E-state index in [-0.39, 0.29) is 17.7 Å². The summed E-state index contributed by atoms with van der Waals surface area (Å²) in [5, 5.41) is 5.79. The molecule has 0 aliphatic carbocycles. The summed E-state index contributed by atoms with van der Waals surface area (Å²) in [6, 6.07) is 12.7. The number of unbranched alkanes of at least 4 members (excludes halogenated alkanes) is 3. The average Bonchev–Trinajstić information content (AvgIpc) is 2.89. The second-order valence-corrected chi connectivity index (χ2v) is 11.4. The van der Waals surface area contributed by atoms with E-state index in [1.54, 1.807) is 37.8 Å². The molecule has 2 unspecified atom stereocenters. The molecule has 2 aromatic carbocycles. The van der Waals surface area contributed by atoms with Crippen LogP contribution in [0, 0.1) is 25.2 Å². The highest BCUT2D eigenvalue weighted by molar-refractivity contribution is 5.99. The van der Waals surface area contributed by atoms with Crippen LogP contribution in [0.2, 0.25) is 0 Å². The normalized spacial score (nSPS) is 12.7. The number of ether oxygens (including phenoxy) is 1. The van der Waals surface area contributed by atoms with E-state index >= 15 is 0 Å². The number of rotatable bonds is 12. The molecule has 216 valence electrons. The van der Waals surface area contributed by atoms with Crippen molar-refractivity contribution in [1.82, 2.24) is 10.2 Å². The van der Waals surface area contributed by atoms with Crippen LogP contribution >= 0.6 is 0 Å². The summed E-state index contributed by atoms with van der Waals surface area (Å²) < 4.78 is 5.46. The molecule has 2 N–H and O–H groups in total. The van der Waals surface area contributed by atoms with Crippen LogP contribution in [0.1, 0.15) is 90.0 Å². The number of amides is 3. The lowest BCUT2D eigenvalue weighted by Crippen LogP contribution is -2.54. The Hall–Kier alpha value is -3.79. The Morgan fingerprint density at radius 2 is 1.65 bits per heavy atom. The second kappa shape index (κ2) is 15.1. The molecular formula is C33H45N3O4. The van der Waals surface area contributed by atoms with Crippen LogP contribution in [0.5, 0.6) is 0 Å². The van der Waals surface area contributed by atoms with E-state index in [2.05, 4.69) is 23.5 Å². The van der Waals surface area contributed by atoms with Crippen molar-refractivity contribution in [1.29, 1.82) is 0 Å². The molecule has 0 spiro atoms. The number of benzene rings is 2. The van der Waals surface area contributed by atoms with Crippen molar-refractivity contribution < 1.29 is 19.1 Å². The van der Waals surface area contributed by atoms with Crippen molar-refractivity contribution in [3.05, 3.63) is 65.2 Å². The molecule has 0 bridgehead atoms. The highest BCUT2D eigenvalue weighted by Crippen LogP contribution is 2.29. The highest BCUT2D eigenvalue weighted by atomic mass is 16.6. The van der Waals surface area contributed by atoms with Gasteiger partial charge in [-0.3, -0.25) is 9.59 Å². The first-order valence-electron chi connectivity index (χ1n) is 14.1. The van der Waals surface area contributed by atoms with Crippen molar-refractivity contribution in [2.24, 2.45) is 5.92 Å². The van der Waals surface area contributed by atoms with E-state index < -0.39 is 23.8 Å². The Labute approximate surface area is 240 Å². The number of nitrogens with one attached hydrogen (secondary N) is 2. The van der Waals surface area contributed by atoms with Crippen LogP contribution in [0.25, 0.3) is 0 Å². The van der Waals surface area contributed by atoms with E-state index in [0.29, 0.717) is 29.8 Å². The predicted molar refractivity (Wildman–Crippen MR) is 161 cm³/mol. The maximum Gasteiger partial charge on any atom is 0.408 e. The zero-order chi connectivity index (χ0) is 29.9. The minimum absolute atomic E-state index is 0.263. The first-order chi connectivity index (χ1) is 18.9. The molecule has 7 nitrogen and oxygen atoms in total. The second-order valence-electron chi connectivity index (χ2n) is 11.4. The van der Waals surface area contributed by atoms with Crippen molar-refractivity contribution in [3.63, 3.8) is 0 Å². The maximum absolute atomic E-state index is 14.3. The van der Waals surface area contributed by atoms with Gasteiger partial charge in [0.1, 0.15) is 17.7 Å². The molecule has 0 aliphatic rings. The number of anilines is 1. The van der Waals surface area contributed by atoms with Gasteiger partial charge in [0.25, 0.3) is 5.91 Å². The molecule has 0 aromatic heterocycles. The van der Waals surface area contributed by atoms with Gasteiger partial charge in [-0.2, -0.15) is 0 Å². The number of carbonyl (C=O) groups is 3. The Morgan fingerprint density at radius 1 is 1.00 bits per heavy atom. The third kappa shape index (κ3) is 9.44. The largest absolute Gasteiger partial charge is 0.444 e. The van der Waals surface area contributed by atoms with Gasteiger partial charge in [0.15, 0.2) is 0 Å².